The summed E-state index contributed by atoms with van der Waals surface area (Å²) >= 11 is 0. The molecule has 3 aromatic rings. The Balaban J connectivity index is 0.000000868. The van der Waals surface area contributed by atoms with Gasteiger partial charge in [0.1, 0.15) is 5.65 Å². The Kier molecular flexibility index (Phi) is 7.32. The molecule has 1 saturated carbocycles. The molecule has 0 spiro atoms. The summed E-state index contributed by atoms with van der Waals surface area (Å²) in [4.78, 5) is 28.6. The first-order valence-corrected chi connectivity index (χ1v) is 12.0. The van der Waals surface area contributed by atoms with Crippen LogP contribution in [-0.2, 0) is 15.0 Å². The lowest BCUT2D eigenvalue weighted by Gasteiger charge is -2.42. The molecule has 0 radical (unpaired) electrons. The highest BCUT2D eigenvalue weighted by Crippen LogP contribution is 2.42. The maximum Gasteiger partial charge on any atom is 0.290 e. The summed E-state index contributed by atoms with van der Waals surface area (Å²) < 4.78 is 2.13. The SMILES string of the molecule is Cc1ccc2nc(C3(c4ccccc4)CCN(C(=O)C4CCC(O)CC4)CC3)cn2c1.O=CO. The molecule has 0 atom stereocenters. The predicted molar refractivity (Wildman–Crippen MR) is 130 cm³/mol. The molecule has 2 aromatic heterocycles. The van der Waals surface area contributed by atoms with E-state index in [-0.39, 0.29) is 29.8 Å². The highest BCUT2D eigenvalue weighted by atomic mass is 16.3. The highest BCUT2D eigenvalue weighted by molar-refractivity contribution is 5.79. The van der Waals surface area contributed by atoms with E-state index in [1.54, 1.807) is 0 Å². The van der Waals surface area contributed by atoms with Crippen molar-refractivity contribution in [3.05, 3.63) is 71.7 Å². The van der Waals surface area contributed by atoms with Crippen molar-refractivity contribution in [2.75, 3.05) is 13.1 Å². The first-order chi connectivity index (χ1) is 16.5. The number of piperidine rings is 1. The number of aryl methyl sites for hydroxylation is 1. The number of carbonyl (C=O) groups is 2. The number of nitrogens with zero attached hydrogens (tertiary/aromatic N) is 3. The second kappa shape index (κ2) is 10.4. The van der Waals surface area contributed by atoms with Crippen LogP contribution in [0.1, 0.15) is 55.3 Å². The number of carbonyl (C=O) groups excluding carboxylic acids is 1. The molecule has 0 unspecified atom stereocenters. The van der Waals surface area contributed by atoms with Gasteiger partial charge < -0.3 is 19.5 Å². The van der Waals surface area contributed by atoms with Crippen LogP contribution in [0.15, 0.2) is 54.9 Å². The summed E-state index contributed by atoms with van der Waals surface area (Å²) in [5, 5.41) is 16.7. The molecule has 0 bridgehead atoms. The van der Waals surface area contributed by atoms with Crippen LogP contribution in [0.25, 0.3) is 5.65 Å². The van der Waals surface area contributed by atoms with Crippen LogP contribution < -0.4 is 0 Å². The number of hydrogen-bond acceptors (Lipinski definition) is 4. The number of hydrogen-bond donors (Lipinski definition) is 2. The number of likely N-dealkylation sites (tertiary alicyclic amines) is 1. The lowest BCUT2D eigenvalue weighted by molar-refractivity contribution is -0.138. The van der Waals surface area contributed by atoms with Crippen molar-refractivity contribution in [1.29, 1.82) is 0 Å². The van der Waals surface area contributed by atoms with E-state index < -0.39 is 0 Å². The third kappa shape index (κ3) is 4.85. The van der Waals surface area contributed by atoms with Crippen molar-refractivity contribution in [2.45, 2.75) is 57.0 Å². The van der Waals surface area contributed by atoms with Gasteiger partial charge in [-0.3, -0.25) is 9.59 Å². The number of pyridine rings is 1. The first kappa shape index (κ1) is 24.0. The fourth-order valence-electron chi connectivity index (χ4n) is 5.47. The van der Waals surface area contributed by atoms with E-state index in [1.807, 2.05) is 0 Å². The minimum atomic E-state index is -0.250. The molecule has 1 aliphatic carbocycles. The molecule has 5 rings (SSSR count). The predicted octanol–water partition coefficient (Wildman–Crippen LogP) is 3.80. The Morgan fingerprint density at radius 1 is 1.03 bits per heavy atom. The molecule has 3 heterocycles. The molecule has 1 saturated heterocycles. The number of carboxylic acid groups (broad SMARTS) is 1. The number of fused-ring (bicyclic) bond motifs is 1. The topological polar surface area (TPSA) is 95.1 Å². The van der Waals surface area contributed by atoms with Crippen molar-refractivity contribution in [3.8, 4) is 0 Å². The molecule has 2 N–H and O–H groups in total. The zero-order chi connectivity index (χ0) is 24.1. The van der Waals surface area contributed by atoms with Crippen LogP contribution in [0.5, 0.6) is 0 Å². The third-order valence-electron chi connectivity index (χ3n) is 7.39. The molecule has 34 heavy (non-hydrogen) atoms. The average Bonchev–Trinajstić information content (AvgIpc) is 3.29. The van der Waals surface area contributed by atoms with E-state index >= 15 is 0 Å². The molecule has 1 aromatic carbocycles. The number of aromatic nitrogens is 2. The standard InChI is InChI=1S/C26H31N3O2.CH2O2/c1-19-7-12-24-27-23(18-29(24)17-19)26(21-5-3-2-4-6-21)13-15-28(16-14-26)25(31)20-8-10-22(30)11-9-20;2-1-3/h2-7,12,17-18,20,22,30H,8-11,13-16H2,1H3;1H,(H,2,3). The van der Waals surface area contributed by atoms with Gasteiger partial charge in [0.05, 0.1) is 11.8 Å². The Morgan fingerprint density at radius 3 is 2.32 bits per heavy atom. The van der Waals surface area contributed by atoms with Crippen molar-refractivity contribution >= 4 is 18.0 Å². The maximum atomic E-state index is 13.1. The van der Waals surface area contributed by atoms with Crippen LogP contribution in [-0.4, -0.2) is 56.1 Å². The molecule has 180 valence electrons. The smallest absolute Gasteiger partial charge is 0.290 e. The van der Waals surface area contributed by atoms with Crippen LogP contribution in [0.2, 0.25) is 0 Å². The maximum absolute atomic E-state index is 13.1. The summed E-state index contributed by atoms with van der Waals surface area (Å²) in [6.45, 7) is 3.35. The van der Waals surface area contributed by atoms with E-state index in [9.17, 15) is 9.90 Å². The zero-order valence-electron chi connectivity index (χ0n) is 19.6. The zero-order valence-corrected chi connectivity index (χ0v) is 19.6. The lowest BCUT2D eigenvalue weighted by atomic mass is 9.70. The minimum absolute atomic E-state index is 0.0748. The average molecular weight is 464 g/mol. The molecule has 2 aliphatic rings. The number of benzene rings is 1. The van der Waals surface area contributed by atoms with Crippen LogP contribution in [0.3, 0.4) is 0 Å². The molecular weight excluding hydrogens is 430 g/mol. The van der Waals surface area contributed by atoms with Crippen LogP contribution >= 0.6 is 0 Å². The fourth-order valence-corrected chi connectivity index (χ4v) is 5.47. The second-order valence-corrected chi connectivity index (χ2v) is 9.48. The van der Waals surface area contributed by atoms with Gasteiger partial charge in [0.25, 0.3) is 6.47 Å². The number of aliphatic hydroxyl groups excluding tert-OH is 1. The number of amides is 1. The van der Waals surface area contributed by atoms with Crippen LogP contribution in [0, 0.1) is 12.8 Å². The number of imidazole rings is 1. The van der Waals surface area contributed by atoms with Crippen LogP contribution in [0.4, 0.5) is 0 Å². The van der Waals surface area contributed by atoms with Gasteiger partial charge in [0.2, 0.25) is 5.91 Å². The Labute approximate surface area is 200 Å². The van der Waals surface area contributed by atoms with Gasteiger partial charge in [-0.1, -0.05) is 36.4 Å². The molecule has 2 fully saturated rings. The van der Waals surface area contributed by atoms with E-state index in [4.69, 9.17) is 14.9 Å². The molecule has 7 nitrogen and oxygen atoms in total. The summed E-state index contributed by atoms with van der Waals surface area (Å²) in [5.74, 6) is 0.352. The Morgan fingerprint density at radius 2 is 1.68 bits per heavy atom. The summed E-state index contributed by atoms with van der Waals surface area (Å²) in [5.41, 5.74) is 4.37. The van der Waals surface area contributed by atoms with Gasteiger partial charge in [-0.25, -0.2) is 4.98 Å². The van der Waals surface area contributed by atoms with Gasteiger partial charge >= 0.3 is 0 Å². The third-order valence-corrected chi connectivity index (χ3v) is 7.39. The highest BCUT2D eigenvalue weighted by Gasteiger charge is 2.42. The second-order valence-electron chi connectivity index (χ2n) is 9.48. The van der Waals surface area contributed by atoms with Gasteiger partial charge in [0, 0.05) is 36.8 Å². The van der Waals surface area contributed by atoms with E-state index in [0.29, 0.717) is 0 Å². The number of rotatable bonds is 3. The molecule has 1 aliphatic heterocycles. The molecule has 1 amide bonds. The fraction of sp³-hybridized carbons (Fsp3) is 0.444. The van der Waals surface area contributed by atoms with Crippen molar-refractivity contribution < 1.29 is 19.8 Å². The van der Waals surface area contributed by atoms with E-state index in [2.05, 4.69) is 71.1 Å². The number of aliphatic hydroxyl groups is 1. The largest absolute Gasteiger partial charge is 0.483 e. The van der Waals surface area contributed by atoms with Crippen molar-refractivity contribution in [2.24, 2.45) is 5.92 Å². The normalized spacial score (nSPS) is 22.0. The van der Waals surface area contributed by atoms with Gasteiger partial charge in [0.15, 0.2) is 0 Å². The van der Waals surface area contributed by atoms with E-state index in [0.717, 1.165) is 63.0 Å². The molecule has 7 heteroatoms. The molecular formula is C27H33N3O4. The Bertz CT molecular complexity index is 1110. The van der Waals surface area contributed by atoms with Crippen molar-refractivity contribution in [1.82, 2.24) is 14.3 Å². The van der Waals surface area contributed by atoms with E-state index in [1.165, 1.54) is 11.1 Å². The summed E-state index contributed by atoms with van der Waals surface area (Å²) in [6.07, 6.45) is 8.95. The van der Waals surface area contributed by atoms with Gasteiger partial charge in [-0.2, -0.15) is 0 Å². The lowest BCUT2D eigenvalue weighted by Crippen LogP contribution is -2.48. The summed E-state index contributed by atoms with van der Waals surface area (Å²) in [7, 11) is 0. The Hall–Kier alpha value is -3.19. The van der Waals surface area contributed by atoms with Gasteiger partial charge in [-0.05, 0) is 62.6 Å². The van der Waals surface area contributed by atoms with Crippen molar-refractivity contribution in [3.63, 3.8) is 0 Å². The quantitative estimate of drug-likeness (QED) is 0.576. The summed E-state index contributed by atoms with van der Waals surface area (Å²) in [6, 6.07) is 14.8. The first-order valence-electron chi connectivity index (χ1n) is 12.0. The monoisotopic (exact) mass is 463 g/mol. The minimum Gasteiger partial charge on any atom is -0.483 e. The van der Waals surface area contributed by atoms with Gasteiger partial charge in [-0.15, -0.1) is 0 Å².